The molecule has 4 nitrogen and oxygen atoms in total. The zero-order chi connectivity index (χ0) is 14.8. The van der Waals surface area contributed by atoms with E-state index in [2.05, 4.69) is 4.98 Å². The van der Waals surface area contributed by atoms with Crippen LogP contribution in [0.3, 0.4) is 0 Å². The summed E-state index contributed by atoms with van der Waals surface area (Å²) in [7, 11) is 0. The van der Waals surface area contributed by atoms with Crippen molar-refractivity contribution >= 4 is 5.65 Å². The van der Waals surface area contributed by atoms with Gasteiger partial charge in [0, 0.05) is 11.3 Å². The third-order valence-electron chi connectivity index (χ3n) is 3.52. The van der Waals surface area contributed by atoms with Gasteiger partial charge in [-0.25, -0.2) is 4.98 Å². The number of aryl methyl sites for hydroxylation is 1. The molecule has 0 fully saturated rings. The van der Waals surface area contributed by atoms with Crippen molar-refractivity contribution in [2.24, 2.45) is 0 Å². The molecule has 0 aliphatic rings. The quantitative estimate of drug-likeness (QED) is 0.799. The lowest BCUT2D eigenvalue weighted by Crippen LogP contribution is -1.97. The zero-order valence-corrected chi connectivity index (χ0v) is 12.2. The summed E-state index contributed by atoms with van der Waals surface area (Å²) >= 11 is 0. The van der Waals surface area contributed by atoms with Gasteiger partial charge < -0.3 is 9.84 Å². The van der Waals surface area contributed by atoms with Gasteiger partial charge in [-0.3, -0.25) is 4.40 Å². The van der Waals surface area contributed by atoms with E-state index < -0.39 is 0 Å². The van der Waals surface area contributed by atoms with Crippen LogP contribution in [0.1, 0.15) is 18.3 Å². The number of hydrogen-bond acceptors (Lipinski definition) is 3. The first kappa shape index (κ1) is 13.6. The van der Waals surface area contributed by atoms with Crippen LogP contribution < -0.4 is 4.74 Å². The van der Waals surface area contributed by atoms with Gasteiger partial charge in [-0.1, -0.05) is 6.07 Å². The Hall–Kier alpha value is -2.33. The fourth-order valence-corrected chi connectivity index (χ4v) is 2.58. The van der Waals surface area contributed by atoms with Crippen molar-refractivity contribution in [3.63, 3.8) is 0 Å². The highest BCUT2D eigenvalue weighted by molar-refractivity contribution is 5.67. The van der Waals surface area contributed by atoms with E-state index in [-0.39, 0.29) is 6.61 Å². The first-order valence-corrected chi connectivity index (χ1v) is 7.05. The van der Waals surface area contributed by atoms with E-state index in [0.717, 1.165) is 34.0 Å². The number of nitrogens with zero attached hydrogens (tertiary/aromatic N) is 2. The molecule has 0 spiro atoms. The molecule has 0 aliphatic heterocycles. The van der Waals surface area contributed by atoms with Crippen molar-refractivity contribution in [2.75, 3.05) is 6.61 Å². The van der Waals surface area contributed by atoms with Crippen molar-refractivity contribution in [1.82, 2.24) is 9.38 Å². The normalized spacial score (nSPS) is 11.0. The number of rotatable bonds is 4. The highest BCUT2D eigenvalue weighted by atomic mass is 16.5. The maximum atomic E-state index is 9.74. The van der Waals surface area contributed by atoms with Crippen LogP contribution in [0.25, 0.3) is 16.9 Å². The SMILES string of the molecule is CCOc1ccc(-c2nc3cccc(C)n3c2CO)cc1. The largest absolute Gasteiger partial charge is 0.494 e. The van der Waals surface area contributed by atoms with Gasteiger partial charge in [0.15, 0.2) is 0 Å². The molecule has 0 saturated heterocycles. The molecule has 0 atom stereocenters. The zero-order valence-electron chi connectivity index (χ0n) is 12.2. The van der Waals surface area contributed by atoms with Crippen LogP contribution in [0.5, 0.6) is 5.75 Å². The molecule has 21 heavy (non-hydrogen) atoms. The number of fused-ring (bicyclic) bond motifs is 1. The van der Waals surface area contributed by atoms with Crippen molar-refractivity contribution in [1.29, 1.82) is 0 Å². The molecule has 0 radical (unpaired) electrons. The van der Waals surface area contributed by atoms with Gasteiger partial charge >= 0.3 is 0 Å². The molecular formula is C17H18N2O2. The highest BCUT2D eigenvalue weighted by Gasteiger charge is 2.14. The number of aromatic nitrogens is 2. The van der Waals surface area contributed by atoms with E-state index in [9.17, 15) is 5.11 Å². The van der Waals surface area contributed by atoms with Gasteiger partial charge in [-0.15, -0.1) is 0 Å². The maximum absolute atomic E-state index is 9.74. The van der Waals surface area contributed by atoms with Crippen molar-refractivity contribution in [3.05, 3.63) is 53.9 Å². The monoisotopic (exact) mass is 282 g/mol. The number of benzene rings is 1. The highest BCUT2D eigenvalue weighted by Crippen LogP contribution is 2.27. The van der Waals surface area contributed by atoms with E-state index in [4.69, 9.17) is 4.74 Å². The molecule has 0 saturated carbocycles. The number of aliphatic hydroxyl groups is 1. The summed E-state index contributed by atoms with van der Waals surface area (Å²) in [6.45, 7) is 4.57. The Balaban J connectivity index is 2.13. The first-order valence-electron chi connectivity index (χ1n) is 7.05. The standard InChI is InChI=1S/C17H18N2O2/c1-3-21-14-9-7-13(8-10-14)17-15(11-20)19-12(2)5-4-6-16(19)18-17/h4-10,20H,3,11H2,1-2H3. The second kappa shape index (κ2) is 5.58. The van der Waals surface area contributed by atoms with Gasteiger partial charge in [0.05, 0.1) is 24.6 Å². The second-order valence-corrected chi connectivity index (χ2v) is 4.88. The molecular weight excluding hydrogens is 264 g/mol. The van der Waals surface area contributed by atoms with Gasteiger partial charge in [-0.05, 0) is 50.2 Å². The van der Waals surface area contributed by atoms with Crippen LogP contribution >= 0.6 is 0 Å². The van der Waals surface area contributed by atoms with Crippen LogP contribution in [0.2, 0.25) is 0 Å². The Kier molecular flexibility index (Phi) is 3.62. The lowest BCUT2D eigenvalue weighted by Gasteiger charge is -2.06. The summed E-state index contributed by atoms with van der Waals surface area (Å²) in [5.41, 5.74) is 4.51. The summed E-state index contributed by atoms with van der Waals surface area (Å²) < 4.78 is 7.45. The topological polar surface area (TPSA) is 46.8 Å². The first-order chi connectivity index (χ1) is 10.2. The van der Waals surface area contributed by atoms with E-state index >= 15 is 0 Å². The molecule has 0 aliphatic carbocycles. The maximum Gasteiger partial charge on any atom is 0.137 e. The van der Waals surface area contributed by atoms with Crippen molar-refractivity contribution in [3.8, 4) is 17.0 Å². The van der Waals surface area contributed by atoms with Gasteiger partial charge in [-0.2, -0.15) is 0 Å². The molecule has 1 aromatic carbocycles. The third-order valence-corrected chi connectivity index (χ3v) is 3.52. The average Bonchev–Trinajstić information content (AvgIpc) is 2.88. The number of imidazole rings is 1. The van der Waals surface area contributed by atoms with Gasteiger partial charge in [0.25, 0.3) is 0 Å². The third kappa shape index (κ3) is 2.38. The number of hydrogen-bond donors (Lipinski definition) is 1. The van der Waals surface area contributed by atoms with E-state index in [0.29, 0.717) is 6.61 Å². The van der Waals surface area contributed by atoms with Crippen molar-refractivity contribution in [2.45, 2.75) is 20.5 Å². The Morgan fingerprint density at radius 1 is 1.14 bits per heavy atom. The van der Waals surface area contributed by atoms with Crippen LogP contribution in [-0.2, 0) is 6.61 Å². The molecule has 3 rings (SSSR count). The molecule has 0 bridgehead atoms. The molecule has 1 N–H and O–H groups in total. The van der Waals surface area contributed by atoms with E-state index in [1.807, 2.05) is 60.7 Å². The molecule has 4 heteroatoms. The fourth-order valence-electron chi connectivity index (χ4n) is 2.58. The van der Waals surface area contributed by atoms with E-state index in [1.165, 1.54) is 0 Å². The molecule has 2 aromatic heterocycles. The average molecular weight is 282 g/mol. The van der Waals surface area contributed by atoms with Gasteiger partial charge in [0.2, 0.25) is 0 Å². The minimum Gasteiger partial charge on any atom is -0.494 e. The van der Waals surface area contributed by atoms with Crippen LogP contribution in [0.15, 0.2) is 42.5 Å². The molecule has 108 valence electrons. The van der Waals surface area contributed by atoms with Crippen LogP contribution in [-0.4, -0.2) is 21.1 Å². The van der Waals surface area contributed by atoms with Crippen molar-refractivity contribution < 1.29 is 9.84 Å². The number of aliphatic hydroxyl groups excluding tert-OH is 1. The predicted octanol–water partition coefficient (Wildman–Crippen LogP) is 3.20. The Bertz CT molecular complexity index is 760. The summed E-state index contributed by atoms with van der Waals surface area (Å²) in [5, 5.41) is 9.74. The summed E-state index contributed by atoms with van der Waals surface area (Å²) in [6.07, 6.45) is 0. The Labute approximate surface area is 123 Å². The lowest BCUT2D eigenvalue weighted by molar-refractivity contribution is 0.276. The molecule has 3 aromatic rings. The van der Waals surface area contributed by atoms with Crippen LogP contribution in [0, 0.1) is 6.92 Å². The minimum atomic E-state index is -0.0471. The fraction of sp³-hybridized carbons (Fsp3) is 0.235. The molecule has 2 heterocycles. The van der Waals surface area contributed by atoms with Crippen LogP contribution in [0.4, 0.5) is 0 Å². The van der Waals surface area contributed by atoms with Gasteiger partial charge in [0.1, 0.15) is 11.4 Å². The summed E-state index contributed by atoms with van der Waals surface area (Å²) in [6, 6.07) is 13.7. The van der Waals surface area contributed by atoms with E-state index in [1.54, 1.807) is 0 Å². The molecule has 0 unspecified atom stereocenters. The molecule has 0 amide bonds. The minimum absolute atomic E-state index is 0.0471. The number of pyridine rings is 1. The Morgan fingerprint density at radius 2 is 1.90 bits per heavy atom. The predicted molar refractivity (Wildman–Crippen MR) is 82.5 cm³/mol. The smallest absolute Gasteiger partial charge is 0.137 e. The number of ether oxygens (including phenoxy) is 1. The Morgan fingerprint density at radius 3 is 2.57 bits per heavy atom. The second-order valence-electron chi connectivity index (χ2n) is 4.88. The summed E-state index contributed by atoms with van der Waals surface area (Å²) in [5.74, 6) is 0.840. The summed E-state index contributed by atoms with van der Waals surface area (Å²) in [4.78, 5) is 4.65. The lowest BCUT2D eigenvalue weighted by atomic mass is 10.1.